The zero-order valence-corrected chi connectivity index (χ0v) is 14.3. The summed E-state index contributed by atoms with van der Waals surface area (Å²) in [4.78, 5) is 22.9. The number of alkyl halides is 2. The summed E-state index contributed by atoms with van der Waals surface area (Å²) < 4.78 is 29.4. The van der Waals surface area contributed by atoms with Crippen LogP contribution >= 0.6 is 0 Å². The van der Waals surface area contributed by atoms with E-state index in [1.54, 1.807) is 12.3 Å². The summed E-state index contributed by atoms with van der Waals surface area (Å²) in [5.41, 5.74) is -0.702. The summed E-state index contributed by atoms with van der Waals surface area (Å²) in [5, 5.41) is 11.9. The zero-order chi connectivity index (χ0) is 18.4. The molecule has 0 bridgehead atoms. The molecule has 138 valence electrons. The van der Waals surface area contributed by atoms with Crippen LogP contribution in [0.15, 0.2) is 17.3 Å². The molecule has 26 heavy (non-hydrogen) atoms. The van der Waals surface area contributed by atoms with E-state index < -0.39 is 23.9 Å². The van der Waals surface area contributed by atoms with Gasteiger partial charge in [-0.3, -0.25) is 4.79 Å². The lowest BCUT2D eigenvalue weighted by molar-refractivity contribution is -0.244. The smallest absolute Gasteiger partial charge is 0.289 e. The van der Waals surface area contributed by atoms with Gasteiger partial charge in [-0.25, -0.2) is 13.8 Å². The van der Waals surface area contributed by atoms with Crippen LogP contribution in [-0.4, -0.2) is 64.3 Å². The first-order chi connectivity index (χ1) is 12.5. The SMILES string of the molecule is N#CCC(=O)N1CC(F)(F)C12CCCCN(C1=NCNc3[nH]ccc31)C2. The summed E-state index contributed by atoms with van der Waals surface area (Å²) in [6, 6.07) is 3.65. The van der Waals surface area contributed by atoms with Gasteiger partial charge >= 0.3 is 0 Å². The largest absolute Gasteiger partial charge is 0.354 e. The molecule has 3 aliphatic rings. The van der Waals surface area contributed by atoms with Crippen molar-refractivity contribution in [2.24, 2.45) is 4.99 Å². The third-order valence-electron chi connectivity index (χ3n) is 5.58. The average Bonchev–Trinajstić information content (AvgIpc) is 2.97. The lowest BCUT2D eigenvalue weighted by Gasteiger charge is -2.58. The number of aliphatic imine (C=N–C) groups is 1. The van der Waals surface area contributed by atoms with Gasteiger partial charge in [-0.05, 0) is 25.3 Å². The van der Waals surface area contributed by atoms with Gasteiger partial charge in [-0.15, -0.1) is 0 Å². The fourth-order valence-electron chi connectivity index (χ4n) is 4.24. The fraction of sp³-hybridized carbons (Fsp3) is 0.588. The highest BCUT2D eigenvalue weighted by Crippen LogP contribution is 2.49. The first-order valence-electron chi connectivity index (χ1n) is 8.75. The van der Waals surface area contributed by atoms with Crippen LogP contribution in [0.3, 0.4) is 0 Å². The third kappa shape index (κ3) is 2.35. The third-order valence-corrected chi connectivity index (χ3v) is 5.58. The highest BCUT2D eigenvalue weighted by atomic mass is 19.3. The molecular formula is C17H20F2N6O. The number of hydrogen-bond acceptors (Lipinski definition) is 5. The molecule has 2 saturated heterocycles. The summed E-state index contributed by atoms with van der Waals surface area (Å²) in [6.45, 7) is 0.410. The molecule has 1 amide bonds. The Bertz CT molecular complexity index is 797. The van der Waals surface area contributed by atoms with Crippen LogP contribution in [0.5, 0.6) is 0 Å². The van der Waals surface area contributed by atoms with Gasteiger partial charge in [0.05, 0.1) is 18.2 Å². The van der Waals surface area contributed by atoms with Crippen LogP contribution in [0.2, 0.25) is 0 Å². The lowest BCUT2D eigenvalue weighted by Crippen LogP contribution is -2.79. The minimum atomic E-state index is -2.96. The molecule has 1 unspecified atom stereocenters. The van der Waals surface area contributed by atoms with E-state index >= 15 is 0 Å². The second-order valence-corrected chi connectivity index (χ2v) is 7.01. The molecule has 0 aromatic carbocycles. The van der Waals surface area contributed by atoms with Gasteiger partial charge in [-0.2, -0.15) is 5.26 Å². The number of amidine groups is 1. The first-order valence-corrected chi connectivity index (χ1v) is 8.75. The number of nitriles is 1. The second-order valence-electron chi connectivity index (χ2n) is 7.01. The Labute approximate surface area is 149 Å². The Hall–Kier alpha value is -2.63. The van der Waals surface area contributed by atoms with Crippen molar-refractivity contribution in [2.75, 3.05) is 31.6 Å². The molecule has 1 aromatic heterocycles. The molecule has 0 aliphatic carbocycles. The van der Waals surface area contributed by atoms with Crippen molar-refractivity contribution in [1.29, 1.82) is 5.26 Å². The maximum absolute atomic E-state index is 14.7. The number of aromatic nitrogens is 1. The Morgan fingerprint density at radius 3 is 3.00 bits per heavy atom. The van der Waals surface area contributed by atoms with Crippen LogP contribution in [0, 0.1) is 11.3 Å². The van der Waals surface area contributed by atoms with Gasteiger partial charge in [0.2, 0.25) is 5.91 Å². The van der Waals surface area contributed by atoms with E-state index in [9.17, 15) is 13.6 Å². The van der Waals surface area contributed by atoms with E-state index in [-0.39, 0.29) is 19.4 Å². The van der Waals surface area contributed by atoms with E-state index in [2.05, 4.69) is 15.3 Å². The van der Waals surface area contributed by atoms with Crippen LogP contribution in [0.4, 0.5) is 14.6 Å². The Balaban J connectivity index is 1.66. The minimum absolute atomic E-state index is 0.0284. The molecule has 2 fully saturated rings. The van der Waals surface area contributed by atoms with Gasteiger partial charge in [0.1, 0.15) is 30.3 Å². The number of amides is 1. The number of rotatable bonds is 1. The van der Waals surface area contributed by atoms with Gasteiger partial charge < -0.3 is 20.1 Å². The number of H-pyrrole nitrogens is 1. The van der Waals surface area contributed by atoms with Crippen molar-refractivity contribution in [3.8, 4) is 6.07 Å². The van der Waals surface area contributed by atoms with Crippen molar-refractivity contribution in [3.05, 3.63) is 17.8 Å². The van der Waals surface area contributed by atoms with Crippen molar-refractivity contribution >= 4 is 17.6 Å². The molecule has 1 atom stereocenters. The monoisotopic (exact) mass is 362 g/mol. The summed E-state index contributed by atoms with van der Waals surface area (Å²) in [6.07, 6.45) is 3.01. The van der Waals surface area contributed by atoms with Gasteiger partial charge in [0.15, 0.2) is 0 Å². The highest BCUT2D eigenvalue weighted by molar-refractivity contribution is 6.04. The summed E-state index contributed by atoms with van der Waals surface area (Å²) in [5.74, 6) is -1.98. The first kappa shape index (κ1) is 16.8. The average molecular weight is 362 g/mol. The van der Waals surface area contributed by atoms with Gasteiger partial charge in [0, 0.05) is 19.3 Å². The molecule has 4 heterocycles. The molecule has 7 nitrogen and oxygen atoms in total. The molecule has 4 rings (SSSR count). The molecule has 2 N–H and O–H groups in total. The topological polar surface area (TPSA) is 87.5 Å². The van der Waals surface area contributed by atoms with E-state index in [4.69, 9.17) is 5.26 Å². The number of nitrogens with one attached hydrogen (secondary N) is 2. The molecule has 1 spiro atoms. The molecule has 0 radical (unpaired) electrons. The number of anilines is 1. The Morgan fingerprint density at radius 2 is 2.23 bits per heavy atom. The molecule has 0 saturated carbocycles. The Kier molecular flexibility index (Phi) is 3.86. The van der Waals surface area contributed by atoms with Crippen molar-refractivity contribution in [3.63, 3.8) is 0 Å². The summed E-state index contributed by atoms with van der Waals surface area (Å²) in [7, 11) is 0. The number of carbonyl (C=O) groups is 1. The predicted molar refractivity (Wildman–Crippen MR) is 90.9 cm³/mol. The molecule has 1 aromatic rings. The fourth-order valence-corrected chi connectivity index (χ4v) is 4.24. The molecular weight excluding hydrogens is 342 g/mol. The van der Waals surface area contributed by atoms with Crippen LogP contribution in [0.25, 0.3) is 0 Å². The predicted octanol–water partition coefficient (Wildman–Crippen LogP) is 1.76. The normalized spacial score (nSPS) is 26.9. The number of hydrogen-bond donors (Lipinski definition) is 2. The number of aromatic amines is 1. The number of fused-ring (bicyclic) bond motifs is 1. The van der Waals surface area contributed by atoms with E-state index in [0.29, 0.717) is 25.5 Å². The Morgan fingerprint density at radius 1 is 1.38 bits per heavy atom. The number of carbonyl (C=O) groups excluding carboxylic acids is 1. The minimum Gasteiger partial charge on any atom is -0.354 e. The number of nitrogens with zero attached hydrogens (tertiary/aromatic N) is 4. The van der Waals surface area contributed by atoms with Gasteiger partial charge in [-0.1, -0.05) is 0 Å². The highest BCUT2D eigenvalue weighted by Gasteiger charge is 2.69. The molecule has 9 heteroatoms. The van der Waals surface area contributed by atoms with Gasteiger partial charge in [0.25, 0.3) is 5.92 Å². The van der Waals surface area contributed by atoms with Crippen LogP contribution in [0.1, 0.15) is 31.2 Å². The molecule has 3 aliphatic heterocycles. The maximum atomic E-state index is 14.7. The lowest BCUT2D eigenvalue weighted by atomic mass is 9.76. The quantitative estimate of drug-likeness (QED) is 0.797. The maximum Gasteiger partial charge on any atom is 0.289 e. The summed E-state index contributed by atoms with van der Waals surface area (Å²) >= 11 is 0. The van der Waals surface area contributed by atoms with Crippen LogP contribution < -0.4 is 5.32 Å². The van der Waals surface area contributed by atoms with Crippen molar-refractivity contribution in [2.45, 2.75) is 37.1 Å². The van der Waals surface area contributed by atoms with Crippen molar-refractivity contribution in [1.82, 2.24) is 14.8 Å². The zero-order valence-electron chi connectivity index (χ0n) is 14.3. The van der Waals surface area contributed by atoms with E-state index in [1.165, 1.54) is 4.90 Å². The van der Waals surface area contributed by atoms with E-state index in [0.717, 1.165) is 17.8 Å². The number of likely N-dealkylation sites (tertiary alicyclic amines) is 2. The van der Waals surface area contributed by atoms with Crippen LogP contribution in [-0.2, 0) is 4.79 Å². The van der Waals surface area contributed by atoms with E-state index in [1.807, 2.05) is 11.0 Å². The standard InChI is InChI=1S/C17H20F2N6O/c18-17(19)10-25(13(26)3-6-20)16(17)5-1-2-8-24(9-16)15-12-4-7-21-14(12)22-11-23-15/h4,7,21-22H,1-3,5,8-11H2. The van der Waals surface area contributed by atoms with Crippen molar-refractivity contribution < 1.29 is 13.6 Å². The number of halogens is 2. The second kappa shape index (κ2) is 5.97.